The Morgan fingerprint density at radius 2 is 1.42 bits per heavy atom. The normalized spacial score (nSPS) is 10.6. The largest absolute Gasteiger partial charge is 0.369 e. The molecular formula is C14H13ClN4. The van der Waals surface area contributed by atoms with Crippen LogP contribution in [-0.4, -0.2) is 12.2 Å². The Hall–Kier alpha value is -2.33. The molecule has 0 bridgehead atoms. The van der Waals surface area contributed by atoms with Gasteiger partial charge in [-0.3, -0.25) is 0 Å². The van der Waals surface area contributed by atoms with Gasteiger partial charge in [0.2, 0.25) is 5.96 Å². The number of hydrogen-bond donors (Lipinski definition) is 2. The van der Waals surface area contributed by atoms with Gasteiger partial charge in [0.25, 0.3) is 0 Å². The van der Waals surface area contributed by atoms with Gasteiger partial charge in [-0.1, -0.05) is 48.0 Å². The minimum atomic E-state index is -0.0611. The summed E-state index contributed by atoms with van der Waals surface area (Å²) in [6, 6.07) is 15.6. The summed E-state index contributed by atoms with van der Waals surface area (Å²) in [6.07, 6.45) is 1.59. The first-order chi connectivity index (χ1) is 9.15. The highest BCUT2D eigenvalue weighted by Crippen LogP contribution is 2.21. The van der Waals surface area contributed by atoms with Crippen molar-refractivity contribution in [2.45, 2.75) is 0 Å². The van der Waals surface area contributed by atoms with Crippen LogP contribution in [0.1, 0.15) is 5.56 Å². The van der Waals surface area contributed by atoms with Crippen LogP contribution >= 0.6 is 11.6 Å². The summed E-state index contributed by atoms with van der Waals surface area (Å²) in [5.41, 5.74) is 13.5. The van der Waals surface area contributed by atoms with Crippen LogP contribution in [0.4, 0.5) is 0 Å². The summed E-state index contributed by atoms with van der Waals surface area (Å²) in [6.45, 7) is 0. The smallest absolute Gasteiger partial charge is 0.211 e. The van der Waals surface area contributed by atoms with Gasteiger partial charge in [0.15, 0.2) is 0 Å². The molecule has 0 amide bonds. The van der Waals surface area contributed by atoms with Gasteiger partial charge in [-0.25, -0.2) is 0 Å². The molecule has 19 heavy (non-hydrogen) atoms. The average molecular weight is 273 g/mol. The van der Waals surface area contributed by atoms with Crippen molar-refractivity contribution in [2.75, 3.05) is 0 Å². The molecule has 0 unspecified atom stereocenters. The van der Waals surface area contributed by atoms with E-state index in [1.165, 1.54) is 0 Å². The average Bonchev–Trinajstić information content (AvgIpc) is 2.40. The molecule has 2 aromatic carbocycles. The second-order valence-electron chi connectivity index (χ2n) is 3.90. The number of hydrogen-bond acceptors (Lipinski definition) is 2. The number of nitrogens with zero attached hydrogens (tertiary/aromatic N) is 2. The second kappa shape index (κ2) is 6.02. The van der Waals surface area contributed by atoms with Gasteiger partial charge in [-0.2, -0.15) is 5.10 Å². The molecule has 96 valence electrons. The highest BCUT2D eigenvalue weighted by atomic mass is 35.5. The molecule has 2 rings (SSSR count). The van der Waals surface area contributed by atoms with E-state index in [2.05, 4.69) is 10.2 Å². The van der Waals surface area contributed by atoms with E-state index in [1.54, 1.807) is 6.21 Å². The third-order valence-electron chi connectivity index (χ3n) is 2.47. The highest BCUT2D eigenvalue weighted by Gasteiger charge is 1.97. The van der Waals surface area contributed by atoms with E-state index in [9.17, 15) is 0 Å². The Kier molecular flexibility index (Phi) is 4.15. The molecule has 0 atom stereocenters. The number of guanidine groups is 1. The molecule has 4 nitrogen and oxygen atoms in total. The lowest BCUT2D eigenvalue weighted by Gasteiger charge is -2.02. The topological polar surface area (TPSA) is 76.8 Å². The summed E-state index contributed by atoms with van der Waals surface area (Å²) < 4.78 is 0. The summed E-state index contributed by atoms with van der Waals surface area (Å²) in [5, 5.41) is 8.01. The lowest BCUT2D eigenvalue weighted by molar-refractivity contribution is 1.21. The van der Waals surface area contributed by atoms with Gasteiger partial charge in [-0.15, -0.1) is 5.10 Å². The Morgan fingerprint density at radius 1 is 0.895 bits per heavy atom. The monoisotopic (exact) mass is 272 g/mol. The van der Waals surface area contributed by atoms with Crippen LogP contribution in [0.3, 0.4) is 0 Å². The van der Waals surface area contributed by atoms with E-state index in [1.807, 2.05) is 48.5 Å². The van der Waals surface area contributed by atoms with Gasteiger partial charge in [-0.05, 0) is 28.8 Å². The molecule has 0 fully saturated rings. The predicted octanol–water partition coefficient (Wildman–Crippen LogP) is 2.61. The zero-order valence-corrected chi connectivity index (χ0v) is 10.9. The Balaban J connectivity index is 2.16. The number of nitrogens with two attached hydrogens (primary N) is 2. The van der Waals surface area contributed by atoms with Gasteiger partial charge in [0, 0.05) is 5.02 Å². The molecular weight excluding hydrogens is 260 g/mol. The Labute approximate surface area is 116 Å². The fourth-order valence-electron chi connectivity index (χ4n) is 1.57. The molecule has 5 heteroatoms. The van der Waals surface area contributed by atoms with Gasteiger partial charge in [0.05, 0.1) is 6.21 Å². The van der Waals surface area contributed by atoms with Crippen LogP contribution in [0.25, 0.3) is 11.1 Å². The predicted molar refractivity (Wildman–Crippen MR) is 80.3 cm³/mol. The summed E-state index contributed by atoms with van der Waals surface area (Å²) in [4.78, 5) is 0. The van der Waals surface area contributed by atoms with E-state index < -0.39 is 0 Å². The lowest BCUT2D eigenvalue weighted by atomic mass is 10.0. The van der Waals surface area contributed by atoms with E-state index >= 15 is 0 Å². The van der Waals surface area contributed by atoms with Crippen molar-refractivity contribution in [1.82, 2.24) is 0 Å². The van der Waals surface area contributed by atoms with E-state index in [-0.39, 0.29) is 5.96 Å². The number of halogens is 1. The molecule has 2 aromatic rings. The molecule has 0 aromatic heterocycles. The second-order valence-corrected chi connectivity index (χ2v) is 4.33. The van der Waals surface area contributed by atoms with Crippen molar-refractivity contribution < 1.29 is 0 Å². The fourth-order valence-corrected chi connectivity index (χ4v) is 1.69. The first kappa shape index (κ1) is 13.1. The quantitative estimate of drug-likeness (QED) is 0.512. The van der Waals surface area contributed by atoms with E-state index in [0.717, 1.165) is 21.7 Å². The van der Waals surface area contributed by atoms with Crippen molar-refractivity contribution in [3.05, 3.63) is 59.1 Å². The van der Waals surface area contributed by atoms with Crippen LogP contribution < -0.4 is 11.5 Å². The maximum Gasteiger partial charge on any atom is 0.211 e. The van der Waals surface area contributed by atoms with Crippen LogP contribution in [0.2, 0.25) is 5.02 Å². The Morgan fingerprint density at radius 3 is 1.95 bits per heavy atom. The van der Waals surface area contributed by atoms with Crippen molar-refractivity contribution >= 4 is 23.8 Å². The minimum absolute atomic E-state index is 0.0611. The van der Waals surface area contributed by atoms with Crippen LogP contribution in [-0.2, 0) is 0 Å². The molecule has 0 radical (unpaired) electrons. The first-order valence-electron chi connectivity index (χ1n) is 5.63. The minimum Gasteiger partial charge on any atom is -0.369 e. The van der Waals surface area contributed by atoms with Crippen molar-refractivity contribution in [1.29, 1.82) is 0 Å². The molecule has 0 saturated heterocycles. The molecule has 0 aliphatic rings. The lowest BCUT2D eigenvalue weighted by Crippen LogP contribution is -2.21. The van der Waals surface area contributed by atoms with Crippen LogP contribution in [0.15, 0.2) is 58.7 Å². The summed E-state index contributed by atoms with van der Waals surface area (Å²) in [5.74, 6) is -0.0611. The number of rotatable bonds is 3. The zero-order valence-electron chi connectivity index (χ0n) is 10.1. The molecule has 0 saturated carbocycles. The Bertz CT molecular complexity index is 596. The molecule has 0 aliphatic carbocycles. The van der Waals surface area contributed by atoms with Crippen LogP contribution in [0.5, 0.6) is 0 Å². The zero-order chi connectivity index (χ0) is 13.7. The first-order valence-corrected chi connectivity index (χ1v) is 6.01. The van der Waals surface area contributed by atoms with Crippen LogP contribution in [0, 0.1) is 0 Å². The fraction of sp³-hybridized carbons (Fsp3) is 0. The SMILES string of the molecule is NC(N)=NN=Cc1ccc(-c2ccc(Cl)cc2)cc1. The standard InChI is InChI=1S/C14H13ClN4/c15-13-7-5-12(6-8-13)11-3-1-10(2-4-11)9-18-19-14(16)17/h1-9H,(H4,16,17,19). The van der Waals surface area contributed by atoms with E-state index in [0.29, 0.717) is 0 Å². The van der Waals surface area contributed by atoms with Crippen molar-refractivity contribution in [2.24, 2.45) is 21.7 Å². The number of benzene rings is 2. The molecule has 0 heterocycles. The van der Waals surface area contributed by atoms with Gasteiger partial charge in [0.1, 0.15) is 0 Å². The van der Waals surface area contributed by atoms with Gasteiger partial charge < -0.3 is 11.5 Å². The summed E-state index contributed by atoms with van der Waals surface area (Å²) in [7, 11) is 0. The van der Waals surface area contributed by atoms with Crippen molar-refractivity contribution in [3.8, 4) is 11.1 Å². The molecule has 0 aliphatic heterocycles. The molecule has 0 spiro atoms. The molecule has 4 N–H and O–H groups in total. The third-order valence-corrected chi connectivity index (χ3v) is 2.72. The van der Waals surface area contributed by atoms with E-state index in [4.69, 9.17) is 23.1 Å². The van der Waals surface area contributed by atoms with Crippen molar-refractivity contribution in [3.63, 3.8) is 0 Å². The highest BCUT2D eigenvalue weighted by molar-refractivity contribution is 6.30. The third kappa shape index (κ3) is 3.82. The maximum atomic E-state index is 5.86. The maximum absolute atomic E-state index is 5.86. The summed E-state index contributed by atoms with van der Waals surface area (Å²) >= 11 is 5.86. The van der Waals surface area contributed by atoms with Gasteiger partial charge >= 0.3 is 0 Å².